The van der Waals surface area contributed by atoms with Crippen LogP contribution in [0.3, 0.4) is 0 Å². The van der Waals surface area contributed by atoms with E-state index in [-0.39, 0.29) is 16.8 Å². The second-order valence-electron chi connectivity index (χ2n) is 5.75. The summed E-state index contributed by atoms with van der Waals surface area (Å²) in [5.74, 6) is -0.292. The Balaban J connectivity index is 1.77. The highest BCUT2D eigenvalue weighted by molar-refractivity contribution is 7.89. The highest BCUT2D eigenvalue weighted by atomic mass is 32.2. The number of morpholine rings is 1. The van der Waals surface area contributed by atoms with Gasteiger partial charge in [0.2, 0.25) is 10.0 Å². The number of ether oxygens (including phenoxy) is 1. The van der Waals surface area contributed by atoms with Crippen LogP contribution in [0.4, 0.5) is 0 Å². The number of rotatable bonds is 5. The van der Waals surface area contributed by atoms with Crippen molar-refractivity contribution in [1.29, 1.82) is 0 Å². The van der Waals surface area contributed by atoms with Crippen molar-refractivity contribution in [1.82, 2.24) is 9.62 Å². The lowest BCUT2D eigenvalue weighted by Crippen LogP contribution is -2.40. The maximum atomic E-state index is 12.7. The van der Waals surface area contributed by atoms with Gasteiger partial charge in [0.25, 0.3) is 5.91 Å². The molecule has 6 nitrogen and oxygen atoms in total. The molecule has 1 aliphatic rings. The summed E-state index contributed by atoms with van der Waals surface area (Å²) in [4.78, 5) is 13.6. The first-order valence-electron chi connectivity index (χ1n) is 8.01. The number of sulfonamides is 1. The third kappa shape index (κ3) is 4.09. The largest absolute Gasteiger partial charge is 0.379 e. The zero-order valence-electron chi connectivity index (χ0n) is 13.8. The number of amides is 1. The quantitative estimate of drug-likeness (QED) is 0.863. The van der Waals surface area contributed by atoms with Gasteiger partial charge in [-0.05, 0) is 36.6 Å². The van der Waals surface area contributed by atoms with Crippen LogP contribution in [0.15, 0.2) is 46.7 Å². The second-order valence-corrected chi connectivity index (χ2v) is 8.67. The highest BCUT2D eigenvalue weighted by Crippen LogP contribution is 2.21. The molecule has 134 valence electrons. The molecular formula is C17H20N2O4S2. The normalized spacial score (nSPS) is 17.2. The van der Waals surface area contributed by atoms with Gasteiger partial charge >= 0.3 is 0 Å². The van der Waals surface area contributed by atoms with E-state index in [1.54, 1.807) is 23.5 Å². The van der Waals surface area contributed by atoms with Gasteiger partial charge in [0.15, 0.2) is 0 Å². The van der Waals surface area contributed by atoms with Crippen molar-refractivity contribution in [2.75, 3.05) is 26.3 Å². The van der Waals surface area contributed by atoms with Gasteiger partial charge in [-0.25, -0.2) is 8.42 Å². The molecule has 0 spiro atoms. The first kappa shape index (κ1) is 18.1. The van der Waals surface area contributed by atoms with Gasteiger partial charge in [-0.1, -0.05) is 12.1 Å². The first-order chi connectivity index (χ1) is 12.0. The van der Waals surface area contributed by atoms with E-state index in [1.807, 2.05) is 24.4 Å². The Morgan fingerprint density at radius 3 is 2.68 bits per heavy atom. The molecule has 1 unspecified atom stereocenters. The highest BCUT2D eigenvalue weighted by Gasteiger charge is 2.27. The molecule has 25 heavy (non-hydrogen) atoms. The van der Waals surface area contributed by atoms with Crippen LogP contribution in [0.5, 0.6) is 0 Å². The summed E-state index contributed by atoms with van der Waals surface area (Å²) in [6, 6.07) is 9.91. The smallest absolute Gasteiger partial charge is 0.251 e. The van der Waals surface area contributed by atoms with Crippen molar-refractivity contribution in [3.05, 3.63) is 52.2 Å². The summed E-state index contributed by atoms with van der Waals surface area (Å²) in [5.41, 5.74) is 0.331. The van der Waals surface area contributed by atoms with Crippen LogP contribution in [-0.2, 0) is 14.8 Å². The Morgan fingerprint density at radius 1 is 1.24 bits per heavy atom. The van der Waals surface area contributed by atoms with E-state index >= 15 is 0 Å². The van der Waals surface area contributed by atoms with E-state index in [9.17, 15) is 13.2 Å². The van der Waals surface area contributed by atoms with Crippen molar-refractivity contribution in [3.63, 3.8) is 0 Å². The average molecular weight is 380 g/mol. The van der Waals surface area contributed by atoms with Gasteiger partial charge in [0, 0.05) is 23.5 Å². The molecule has 1 amide bonds. The van der Waals surface area contributed by atoms with Crippen LogP contribution in [0.2, 0.25) is 0 Å². The van der Waals surface area contributed by atoms with E-state index in [0.29, 0.717) is 31.9 Å². The average Bonchev–Trinajstić information content (AvgIpc) is 3.17. The molecule has 1 aliphatic heterocycles. The Bertz CT molecular complexity index is 828. The van der Waals surface area contributed by atoms with Crippen LogP contribution in [0, 0.1) is 0 Å². The van der Waals surface area contributed by atoms with E-state index < -0.39 is 10.0 Å². The Morgan fingerprint density at radius 2 is 2.00 bits per heavy atom. The van der Waals surface area contributed by atoms with E-state index in [4.69, 9.17) is 4.74 Å². The van der Waals surface area contributed by atoms with Crippen molar-refractivity contribution >= 4 is 27.3 Å². The molecule has 3 rings (SSSR count). The number of thiophene rings is 1. The van der Waals surface area contributed by atoms with E-state index in [1.165, 1.54) is 16.4 Å². The van der Waals surface area contributed by atoms with Gasteiger partial charge < -0.3 is 10.1 Å². The topological polar surface area (TPSA) is 75.7 Å². The third-order valence-corrected chi connectivity index (χ3v) is 6.97. The number of carbonyl (C=O) groups excluding carboxylic acids is 1. The molecule has 0 aliphatic carbocycles. The molecule has 1 aromatic heterocycles. The van der Waals surface area contributed by atoms with Gasteiger partial charge in [0.1, 0.15) is 0 Å². The lowest BCUT2D eigenvalue weighted by Gasteiger charge is -2.26. The second kappa shape index (κ2) is 7.65. The van der Waals surface area contributed by atoms with E-state index in [0.717, 1.165) is 4.88 Å². The fraction of sp³-hybridized carbons (Fsp3) is 0.353. The molecule has 0 bridgehead atoms. The zero-order valence-corrected chi connectivity index (χ0v) is 15.5. The molecule has 1 saturated heterocycles. The summed E-state index contributed by atoms with van der Waals surface area (Å²) < 4.78 is 32.0. The van der Waals surface area contributed by atoms with Crippen LogP contribution in [-0.4, -0.2) is 44.9 Å². The molecule has 1 atom stereocenters. The Kier molecular flexibility index (Phi) is 5.53. The summed E-state index contributed by atoms with van der Waals surface area (Å²) in [7, 11) is -3.61. The van der Waals surface area contributed by atoms with Gasteiger partial charge in [0.05, 0.1) is 24.2 Å². The van der Waals surface area contributed by atoms with Crippen molar-refractivity contribution in [2.24, 2.45) is 0 Å². The molecule has 1 N–H and O–H groups in total. The molecule has 0 radical (unpaired) electrons. The number of hydrogen-bond donors (Lipinski definition) is 1. The van der Waals surface area contributed by atoms with Crippen molar-refractivity contribution in [3.8, 4) is 0 Å². The summed E-state index contributed by atoms with van der Waals surface area (Å²) in [6.45, 7) is 3.33. The molecule has 2 aromatic rings. The summed E-state index contributed by atoms with van der Waals surface area (Å²) >= 11 is 1.57. The Hall–Kier alpha value is -1.74. The monoisotopic (exact) mass is 380 g/mol. The summed E-state index contributed by atoms with van der Waals surface area (Å²) in [5, 5.41) is 4.85. The van der Waals surface area contributed by atoms with Crippen LogP contribution < -0.4 is 5.32 Å². The van der Waals surface area contributed by atoms with Gasteiger partial charge in [-0.3, -0.25) is 4.79 Å². The predicted molar refractivity (Wildman–Crippen MR) is 96.2 cm³/mol. The standard InChI is InChI=1S/C17H20N2O4S2/c1-13(16-6-3-11-24-16)18-17(20)14-4-2-5-15(12-14)25(21,22)19-7-9-23-10-8-19/h2-6,11-13H,7-10H2,1H3,(H,18,20). The first-order valence-corrected chi connectivity index (χ1v) is 10.3. The number of hydrogen-bond acceptors (Lipinski definition) is 5. The molecule has 1 aromatic carbocycles. The Labute approximate surface area is 151 Å². The van der Waals surface area contributed by atoms with Crippen molar-refractivity contribution < 1.29 is 17.9 Å². The molecular weight excluding hydrogens is 360 g/mol. The van der Waals surface area contributed by atoms with Crippen molar-refractivity contribution in [2.45, 2.75) is 17.9 Å². The van der Waals surface area contributed by atoms with Crippen LogP contribution in [0.25, 0.3) is 0 Å². The van der Waals surface area contributed by atoms with Crippen LogP contribution in [0.1, 0.15) is 28.2 Å². The minimum absolute atomic E-state index is 0.130. The van der Waals surface area contributed by atoms with Gasteiger partial charge in [-0.2, -0.15) is 4.31 Å². The fourth-order valence-corrected chi connectivity index (χ4v) is 4.81. The maximum absolute atomic E-state index is 12.7. The molecule has 2 heterocycles. The number of nitrogens with zero attached hydrogens (tertiary/aromatic N) is 1. The molecule has 1 fully saturated rings. The number of nitrogens with one attached hydrogen (secondary N) is 1. The predicted octanol–water partition coefficient (Wildman–Crippen LogP) is 2.26. The van der Waals surface area contributed by atoms with Crippen LogP contribution >= 0.6 is 11.3 Å². The number of carbonyl (C=O) groups is 1. The number of benzene rings is 1. The minimum atomic E-state index is -3.61. The zero-order chi connectivity index (χ0) is 17.9. The third-order valence-electron chi connectivity index (χ3n) is 4.02. The summed E-state index contributed by atoms with van der Waals surface area (Å²) in [6.07, 6.45) is 0. The molecule has 8 heteroatoms. The van der Waals surface area contributed by atoms with E-state index in [2.05, 4.69) is 5.32 Å². The minimum Gasteiger partial charge on any atom is -0.379 e. The molecule has 0 saturated carbocycles. The maximum Gasteiger partial charge on any atom is 0.251 e. The fourth-order valence-electron chi connectivity index (χ4n) is 2.62. The lowest BCUT2D eigenvalue weighted by molar-refractivity contribution is 0.0730. The van der Waals surface area contributed by atoms with Gasteiger partial charge in [-0.15, -0.1) is 11.3 Å². The SMILES string of the molecule is CC(NC(=O)c1cccc(S(=O)(=O)N2CCOCC2)c1)c1cccs1. The lowest BCUT2D eigenvalue weighted by atomic mass is 10.2.